The molecule has 0 aliphatic heterocycles. The zero-order valence-corrected chi connectivity index (χ0v) is 12.8. The Morgan fingerprint density at radius 2 is 1.84 bits per heavy atom. The molecule has 1 fully saturated rings. The molecular weight excluding hydrogens is 254 g/mol. The average molecular weight is 279 g/mol. The Balaban J connectivity index is 1.87. The van der Waals surface area contributed by atoms with E-state index >= 15 is 0 Å². The van der Waals surface area contributed by atoms with Crippen LogP contribution in [-0.4, -0.2) is 23.5 Å². The van der Waals surface area contributed by atoms with Crippen molar-refractivity contribution in [1.29, 1.82) is 0 Å². The number of nitrogens with one attached hydrogen (secondary N) is 1. The summed E-state index contributed by atoms with van der Waals surface area (Å²) in [5, 5.41) is 14.0. The van der Waals surface area contributed by atoms with Gasteiger partial charge in [-0.05, 0) is 43.7 Å². The highest BCUT2D eigenvalue weighted by atomic mass is 32.2. The molecule has 0 saturated heterocycles. The third-order valence-corrected chi connectivity index (χ3v) is 4.88. The Morgan fingerprint density at radius 3 is 2.42 bits per heavy atom. The van der Waals surface area contributed by atoms with Crippen molar-refractivity contribution in [3.63, 3.8) is 0 Å². The second kappa shape index (κ2) is 6.78. The Hall–Kier alpha value is -0.510. The van der Waals surface area contributed by atoms with Crippen LogP contribution in [-0.2, 0) is 0 Å². The summed E-state index contributed by atoms with van der Waals surface area (Å²) in [4.78, 5) is 1.29. The van der Waals surface area contributed by atoms with Crippen LogP contribution in [0.5, 0.6) is 0 Å². The number of rotatable bonds is 5. The zero-order valence-electron chi connectivity index (χ0n) is 12.0. The summed E-state index contributed by atoms with van der Waals surface area (Å²) in [6, 6.07) is 8.96. The molecule has 1 aromatic carbocycles. The van der Waals surface area contributed by atoms with Crippen molar-refractivity contribution in [3.05, 3.63) is 29.8 Å². The van der Waals surface area contributed by atoms with Gasteiger partial charge in [0.2, 0.25) is 0 Å². The molecule has 1 aliphatic rings. The van der Waals surface area contributed by atoms with E-state index in [1.165, 1.54) is 16.9 Å². The Kier molecular flexibility index (Phi) is 5.31. The van der Waals surface area contributed by atoms with Crippen LogP contribution in [0.3, 0.4) is 0 Å². The molecule has 0 heterocycles. The van der Waals surface area contributed by atoms with Gasteiger partial charge >= 0.3 is 0 Å². The molecule has 1 saturated carbocycles. The summed E-state index contributed by atoms with van der Waals surface area (Å²) in [5.74, 6) is 0. The standard InChI is InChI=1S/C16H25NOS/c1-13(14-6-8-15(19-2)9-7-14)17-12-16(18)10-4-3-5-11-16/h6-9,13,17-18H,3-5,10-12H2,1-2H3. The van der Waals surface area contributed by atoms with Crippen molar-refractivity contribution in [2.45, 2.75) is 55.6 Å². The van der Waals surface area contributed by atoms with Crippen molar-refractivity contribution in [2.75, 3.05) is 12.8 Å². The van der Waals surface area contributed by atoms with Crippen LogP contribution in [0.15, 0.2) is 29.2 Å². The molecule has 1 aliphatic carbocycles. The van der Waals surface area contributed by atoms with Gasteiger partial charge in [0, 0.05) is 17.5 Å². The first-order valence-electron chi connectivity index (χ1n) is 7.23. The summed E-state index contributed by atoms with van der Waals surface area (Å²) >= 11 is 1.76. The topological polar surface area (TPSA) is 32.3 Å². The van der Waals surface area contributed by atoms with Gasteiger partial charge in [-0.3, -0.25) is 0 Å². The molecule has 0 radical (unpaired) electrons. The molecule has 1 atom stereocenters. The van der Waals surface area contributed by atoms with Crippen LogP contribution in [0.1, 0.15) is 50.6 Å². The largest absolute Gasteiger partial charge is 0.389 e. The monoisotopic (exact) mass is 279 g/mol. The first-order chi connectivity index (χ1) is 9.13. The van der Waals surface area contributed by atoms with Gasteiger partial charge in [0.25, 0.3) is 0 Å². The van der Waals surface area contributed by atoms with Gasteiger partial charge in [-0.15, -0.1) is 11.8 Å². The molecule has 0 aromatic heterocycles. The Labute approximate surface area is 121 Å². The lowest BCUT2D eigenvalue weighted by Crippen LogP contribution is -2.42. The fraction of sp³-hybridized carbons (Fsp3) is 0.625. The maximum atomic E-state index is 10.5. The molecule has 0 spiro atoms. The first-order valence-corrected chi connectivity index (χ1v) is 8.45. The minimum Gasteiger partial charge on any atom is -0.389 e. The highest BCUT2D eigenvalue weighted by molar-refractivity contribution is 7.98. The maximum absolute atomic E-state index is 10.5. The number of thioether (sulfide) groups is 1. The molecule has 2 nitrogen and oxygen atoms in total. The van der Waals surface area contributed by atoms with Crippen LogP contribution in [0.4, 0.5) is 0 Å². The molecule has 106 valence electrons. The van der Waals surface area contributed by atoms with Crippen LogP contribution >= 0.6 is 11.8 Å². The van der Waals surface area contributed by atoms with Gasteiger partial charge < -0.3 is 10.4 Å². The lowest BCUT2D eigenvalue weighted by atomic mass is 9.84. The van der Waals surface area contributed by atoms with E-state index in [0.29, 0.717) is 12.6 Å². The van der Waals surface area contributed by atoms with Crippen LogP contribution in [0.25, 0.3) is 0 Å². The lowest BCUT2D eigenvalue weighted by molar-refractivity contribution is 0.00300. The van der Waals surface area contributed by atoms with Crippen LogP contribution in [0, 0.1) is 0 Å². The summed E-state index contributed by atoms with van der Waals surface area (Å²) in [6.07, 6.45) is 7.57. The van der Waals surface area contributed by atoms with E-state index in [1.807, 2.05) is 0 Å². The summed E-state index contributed by atoms with van der Waals surface area (Å²) in [7, 11) is 0. The smallest absolute Gasteiger partial charge is 0.0771 e. The van der Waals surface area contributed by atoms with Gasteiger partial charge in [-0.25, -0.2) is 0 Å². The molecule has 1 aromatic rings. The van der Waals surface area contributed by atoms with E-state index in [0.717, 1.165) is 25.7 Å². The van der Waals surface area contributed by atoms with E-state index in [9.17, 15) is 5.11 Å². The molecule has 2 rings (SSSR count). The van der Waals surface area contributed by atoms with E-state index in [2.05, 4.69) is 42.8 Å². The minimum atomic E-state index is -0.480. The van der Waals surface area contributed by atoms with Gasteiger partial charge in [0.1, 0.15) is 0 Å². The van der Waals surface area contributed by atoms with Crippen molar-refractivity contribution >= 4 is 11.8 Å². The quantitative estimate of drug-likeness (QED) is 0.805. The Morgan fingerprint density at radius 1 is 1.21 bits per heavy atom. The molecule has 3 heteroatoms. The van der Waals surface area contributed by atoms with Crippen LogP contribution < -0.4 is 5.32 Å². The van der Waals surface area contributed by atoms with Crippen molar-refractivity contribution < 1.29 is 5.11 Å². The van der Waals surface area contributed by atoms with E-state index < -0.39 is 5.60 Å². The van der Waals surface area contributed by atoms with Gasteiger partial charge in [-0.1, -0.05) is 31.4 Å². The summed E-state index contributed by atoms with van der Waals surface area (Å²) in [6.45, 7) is 2.87. The van der Waals surface area contributed by atoms with Gasteiger partial charge in [0.05, 0.1) is 5.60 Å². The van der Waals surface area contributed by atoms with Crippen molar-refractivity contribution in [2.24, 2.45) is 0 Å². The number of hydrogen-bond acceptors (Lipinski definition) is 3. The van der Waals surface area contributed by atoms with Gasteiger partial charge in [0.15, 0.2) is 0 Å². The molecule has 0 bridgehead atoms. The zero-order chi connectivity index (χ0) is 13.7. The Bertz CT molecular complexity index is 384. The highest BCUT2D eigenvalue weighted by Crippen LogP contribution is 2.28. The fourth-order valence-electron chi connectivity index (χ4n) is 2.74. The first kappa shape index (κ1) is 14.9. The van der Waals surface area contributed by atoms with E-state index in [-0.39, 0.29) is 0 Å². The van der Waals surface area contributed by atoms with Crippen molar-refractivity contribution in [3.8, 4) is 0 Å². The normalized spacial score (nSPS) is 20.2. The maximum Gasteiger partial charge on any atom is 0.0771 e. The van der Waals surface area contributed by atoms with Gasteiger partial charge in [-0.2, -0.15) is 0 Å². The van der Waals surface area contributed by atoms with E-state index in [4.69, 9.17) is 0 Å². The second-order valence-corrected chi connectivity index (χ2v) is 6.54. The molecule has 19 heavy (non-hydrogen) atoms. The molecule has 2 N–H and O–H groups in total. The molecular formula is C16H25NOS. The number of benzene rings is 1. The predicted molar refractivity (Wildman–Crippen MR) is 82.7 cm³/mol. The summed E-state index contributed by atoms with van der Waals surface area (Å²) < 4.78 is 0. The number of hydrogen-bond donors (Lipinski definition) is 2. The SMILES string of the molecule is CSc1ccc(C(C)NCC2(O)CCCCC2)cc1. The third kappa shape index (κ3) is 4.23. The van der Waals surface area contributed by atoms with E-state index in [1.54, 1.807) is 11.8 Å². The fourth-order valence-corrected chi connectivity index (χ4v) is 3.15. The number of aliphatic hydroxyl groups is 1. The minimum absolute atomic E-state index is 0.293. The molecule has 0 amide bonds. The van der Waals surface area contributed by atoms with Crippen molar-refractivity contribution in [1.82, 2.24) is 5.32 Å². The van der Waals surface area contributed by atoms with Crippen LogP contribution in [0.2, 0.25) is 0 Å². The average Bonchev–Trinajstić information content (AvgIpc) is 2.46. The predicted octanol–water partition coefficient (Wildman–Crippen LogP) is 3.75. The lowest BCUT2D eigenvalue weighted by Gasteiger charge is -2.33. The third-order valence-electron chi connectivity index (χ3n) is 4.14. The summed E-state index contributed by atoms with van der Waals surface area (Å²) in [5.41, 5.74) is 0.809. The highest BCUT2D eigenvalue weighted by Gasteiger charge is 2.29. The molecule has 1 unspecified atom stereocenters. The second-order valence-electron chi connectivity index (χ2n) is 5.66.